The molecule has 1 heterocycles. The number of hydrogen-bond acceptors (Lipinski definition) is 3. The minimum absolute atomic E-state index is 0.0391. The molecule has 3 aliphatic rings. The largest absolute Gasteiger partial charge is 0.357 e. The van der Waals surface area contributed by atoms with Gasteiger partial charge in [-0.15, -0.1) is 0 Å². The molecule has 4 atom stereocenters. The number of fused-ring (bicyclic) bond motifs is 5. The Balaban J connectivity index is 1.28. The van der Waals surface area contributed by atoms with E-state index >= 15 is 0 Å². The molecule has 1 aromatic rings. The number of amides is 2. The van der Waals surface area contributed by atoms with Crippen LogP contribution in [0, 0.1) is 37.5 Å². The first-order valence-corrected chi connectivity index (χ1v) is 11.1. The maximum absolute atomic E-state index is 12.7. The maximum atomic E-state index is 12.7. The zero-order chi connectivity index (χ0) is 21.3. The van der Waals surface area contributed by atoms with Crippen LogP contribution in [0.4, 0.5) is 0 Å². The number of rotatable bonds is 7. The highest BCUT2D eigenvalue weighted by Crippen LogP contribution is 2.52. The first-order chi connectivity index (χ1) is 14.5. The molecule has 160 valence electrons. The van der Waals surface area contributed by atoms with Gasteiger partial charge in [0.2, 0.25) is 11.8 Å². The Hall–Kier alpha value is -2.63. The van der Waals surface area contributed by atoms with Crippen LogP contribution in [0.5, 0.6) is 0 Å². The number of allylic oxidation sites excluding steroid dienone is 2. The smallest absolute Gasteiger partial charge is 0.233 e. The Labute approximate surface area is 178 Å². The molecular formula is C24H32N4O2. The lowest BCUT2D eigenvalue weighted by atomic mass is 9.85. The molecule has 6 heteroatoms. The van der Waals surface area contributed by atoms with E-state index in [1.807, 2.05) is 6.92 Å². The van der Waals surface area contributed by atoms with Crippen LogP contribution in [0.2, 0.25) is 0 Å². The third kappa shape index (κ3) is 3.87. The van der Waals surface area contributed by atoms with E-state index in [9.17, 15) is 9.59 Å². The molecule has 1 saturated heterocycles. The number of nitrogens with one attached hydrogen (secondary N) is 2. The van der Waals surface area contributed by atoms with Crippen molar-refractivity contribution in [3.63, 3.8) is 0 Å². The number of imide groups is 1. The molecule has 2 fully saturated rings. The summed E-state index contributed by atoms with van der Waals surface area (Å²) in [6.07, 6.45) is 5.97. The van der Waals surface area contributed by atoms with Gasteiger partial charge in [0.1, 0.15) is 0 Å². The molecule has 2 N–H and O–H groups in total. The lowest BCUT2D eigenvalue weighted by Gasteiger charge is -2.18. The third-order valence-electron chi connectivity index (χ3n) is 6.66. The number of hydrogen-bond donors (Lipinski definition) is 2. The van der Waals surface area contributed by atoms with E-state index < -0.39 is 0 Å². The monoisotopic (exact) mass is 408 g/mol. The fourth-order valence-corrected chi connectivity index (χ4v) is 5.16. The molecule has 30 heavy (non-hydrogen) atoms. The lowest BCUT2D eigenvalue weighted by molar-refractivity contribution is -0.140. The van der Waals surface area contributed by atoms with Crippen LogP contribution in [-0.2, 0) is 16.1 Å². The van der Waals surface area contributed by atoms with Gasteiger partial charge in [-0.3, -0.25) is 14.5 Å². The van der Waals surface area contributed by atoms with Crippen molar-refractivity contribution in [1.29, 1.82) is 0 Å². The van der Waals surface area contributed by atoms with E-state index in [4.69, 9.17) is 0 Å². The minimum Gasteiger partial charge on any atom is -0.357 e. The van der Waals surface area contributed by atoms with E-state index in [0.29, 0.717) is 26.1 Å². The molecule has 4 unspecified atom stereocenters. The van der Waals surface area contributed by atoms with E-state index in [1.54, 1.807) is 0 Å². The van der Waals surface area contributed by atoms with Crippen LogP contribution >= 0.6 is 0 Å². The van der Waals surface area contributed by atoms with Crippen molar-refractivity contribution in [3.05, 3.63) is 47.0 Å². The molecule has 0 aromatic heterocycles. The Kier molecular flexibility index (Phi) is 5.93. The van der Waals surface area contributed by atoms with Crippen molar-refractivity contribution >= 4 is 17.8 Å². The molecule has 2 bridgehead atoms. The number of likely N-dealkylation sites (tertiary alicyclic amines) is 1. The number of nitrogens with zero attached hydrogens (tertiary/aromatic N) is 2. The second kappa shape index (κ2) is 8.62. The van der Waals surface area contributed by atoms with Gasteiger partial charge in [-0.25, -0.2) is 4.99 Å². The van der Waals surface area contributed by atoms with Gasteiger partial charge in [0, 0.05) is 19.6 Å². The normalized spacial score (nSPS) is 27.2. The molecule has 1 aliphatic heterocycles. The first kappa shape index (κ1) is 20.6. The van der Waals surface area contributed by atoms with Crippen molar-refractivity contribution in [1.82, 2.24) is 15.5 Å². The van der Waals surface area contributed by atoms with Crippen LogP contribution in [0.1, 0.15) is 36.5 Å². The fourth-order valence-electron chi connectivity index (χ4n) is 5.16. The maximum Gasteiger partial charge on any atom is 0.233 e. The molecule has 2 amide bonds. The molecule has 0 radical (unpaired) electrons. The van der Waals surface area contributed by atoms with Gasteiger partial charge in [-0.2, -0.15) is 0 Å². The van der Waals surface area contributed by atoms with E-state index in [1.165, 1.54) is 21.6 Å². The number of aliphatic imine (C=N–C) groups is 1. The molecule has 2 aliphatic carbocycles. The summed E-state index contributed by atoms with van der Waals surface area (Å²) in [5, 5.41) is 6.60. The van der Waals surface area contributed by atoms with E-state index in [-0.39, 0.29) is 35.5 Å². The quantitative estimate of drug-likeness (QED) is 0.239. The highest BCUT2D eigenvalue weighted by molar-refractivity contribution is 6.06. The molecular weight excluding hydrogens is 376 g/mol. The summed E-state index contributed by atoms with van der Waals surface area (Å²) in [6, 6.07) is 6.41. The van der Waals surface area contributed by atoms with Crippen molar-refractivity contribution in [3.8, 4) is 0 Å². The minimum atomic E-state index is -0.0999. The van der Waals surface area contributed by atoms with Crippen LogP contribution in [0.3, 0.4) is 0 Å². The van der Waals surface area contributed by atoms with Crippen LogP contribution in [-0.4, -0.2) is 42.3 Å². The summed E-state index contributed by atoms with van der Waals surface area (Å²) in [5.74, 6) is 1.19. The van der Waals surface area contributed by atoms with E-state index in [0.717, 1.165) is 18.9 Å². The van der Waals surface area contributed by atoms with Crippen molar-refractivity contribution in [2.45, 2.75) is 40.2 Å². The molecule has 6 nitrogen and oxygen atoms in total. The lowest BCUT2D eigenvalue weighted by Crippen LogP contribution is -2.40. The molecule has 1 saturated carbocycles. The van der Waals surface area contributed by atoms with E-state index in [2.05, 4.69) is 59.8 Å². The molecule has 4 rings (SSSR count). The van der Waals surface area contributed by atoms with Gasteiger partial charge in [0.25, 0.3) is 0 Å². The zero-order valence-electron chi connectivity index (χ0n) is 18.1. The summed E-state index contributed by atoms with van der Waals surface area (Å²) in [5.41, 5.74) is 3.71. The molecule has 0 spiro atoms. The topological polar surface area (TPSA) is 73.8 Å². The number of guanidine groups is 1. The number of benzene rings is 1. The van der Waals surface area contributed by atoms with Crippen molar-refractivity contribution in [2.75, 3.05) is 19.6 Å². The van der Waals surface area contributed by atoms with Gasteiger partial charge in [0.05, 0.1) is 18.4 Å². The first-order valence-electron chi connectivity index (χ1n) is 11.1. The number of aryl methyl sites for hydroxylation is 2. The second-order valence-corrected chi connectivity index (χ2v) is 8.73. The van der Waals surface area contributed by atoms with Gasteiger partial charge >= 0.3 is 0 Å². The van der Waals surface area contributed by atoms with Gasteiger partial charge in [-0.05, 0) is 56.6 Å². The standard InChI is InChI=1S/C24H32N4O2/c1-4-25-24(27-14-19-7-6-15(2)12-16(19)3)26-10-5-11-28-22(29)20-17-8-9-18(13-17)21(20)23(28)30/h6-9,12,17-18,20-21H,4-5,10-11,13-14H2,1-3H3,(H2,25,26,27). The van der Waals surface area contributed by atoms with Crippen LogP contribution < -0.4 is 10.6 Å². The van der Waals surface area contributed by atoms with Crippen LogP contribution in [0.15, 0.2) is 35.3 Å². The highest BCUT2D eigenvalue weighted by atomic mass is 16.2. The van der Waals surface area contributed by atoms with Gasteiger partial charge < -0.3 is 10.6 Å². The predicted octanol–water partition coefficient (Wildman–Crippen LogP) is 2.56. The predicted molar refractivity (Wildman–Crippen MR) is 118 cm³/mol. The summed E-state index contributed by atoms with van der Waals surface area (Å²) >= 11 is 0. The Morgan fingerprint density at radius 1 is 1.10 bits per heavy atom. The van der Waals surface area contributed by atoms with Crippen molar-refractivity contribution in [2.24, 2.45) is 28.7 Å². The number of carbonyl (C=O) groups is 2. The summed E-state index contributed by atoms with van der Waals surface area (Å²) in [6.45, 7) is 8.78. The Morgan fingerprint density at radius 3 is 2.43 bits per heavy atom. The van der Waals surface area contributed by atoms with Gasteiger partial charge in [0.15, 0.2) is 5.96 Å². The average molecular weight is 409 g/mol. The highest BCUT2D eigenvalue weighted by Gasteiger charge is 2.58. The van der Waals surface area contributed by atoms with Gasteiger partial charge in [-0.1, -0.05) is 35.9 Å². The Morgan fingerprint density at radius 2 is 1.80 bits per heavy atom. The summed E-state index contributed by atoms with van der Waals surface area (Å²) < 4.78 is 0. The van der Waals surface area contributed by atoms with Crippen molar-refractivity contribution < 1.29 is 9.59 Å². The second-order valence-electron chi connectivity index (χ2n) is 8.73. The Bertz CT molecular complexity index is 861. The zero-order valence-corrected chi connectivity index (χ0v) is 18.1. The SMILES string of the molecule is CCNC(=NCc1ccc(C)cc1C)NCCCN1C(=O)C2C3C=CC(C3)C2C1=O. The summed E-state index contributed by atoms with van der Waals surface area (Å²) in [7, 11) is 0. The number of carbonyl (C=O) groups excluding carboxylic acids is 2. The average Bonchev–Trinajstić information content (AvgIpc) is 3.39. The third-order valence-corrected chi connectivity index (χ3v) is 6.66. The summed E-state index contributed by atoms with van der Waals surface area (Å²) in [4.78, 5) is 31.7. The molecule has 1 aromatic carbocycles. The van der Waals surface area contributed by atoms with Crippen LogP contribution in [0.25, 0.3) is 0 Å². The fraction of sp³-hybridized carbons (Fsp3) is 0.542.